The molecule has 1 aromatic heterocycles. The lowest BCUT2D eigenvalue weighted by atomic mass is 10.2. The summed E-state index contributed by atoms with van der Waals surface area (Å²) in [5.74, 6) is 1.00. The molecular weight excluding hydrogens is 244 g/mol. The lowest BCUT2D eigenvalue weighted by molar-refractivity contribution is -0.139. The van der Waals surface area contributed by atoms with Gasteiger partial charge in [-0.05, 0) is 0 Å². The second-order valence-electron chi connectivity index (χ2n) is 4.34. The second-order valence-corrected chi connectivity index (χ2v) is 4.34. The van der Waals surface area contributed by atoms with Gasteiger partial charge in [-0.15, -0.1) is 10.2 Å². The van der Waals surface area contributed by atoms with Crippen molar-refractivity contribution in [3.8, 4) is 11.4 Å². The van der Waals surface area contributed by atoms with Gasteiger partial charge in [0.25, 0.3) is 5.91 Å². The van der Waals surface area contributed by atoms with Crippen LogP contribution in [0.4, 0.5) is 0 Å². The molecule has 1 aliphatic heterocycles. The van der Waals surface area contributed by atoms with E-state index in [1.165, 1.54) is 4.90 Å². The summed E-state index contributed by atoms with van der Waals surface area (Å²) < 4.78 is 1.99. The highest BCUT2D eigenvalue weighted by Crippen LogP contribution is 2.21. The number of carbonyl (C=O) groups excluding carboxylic acids is 2. The number of nitrogens with zero attached hydrogens (tertiary/aromatic N) is 4. The number of hydrogen-bond donors (Lipinski definition) is 0. The standard InChI is InChI=1S/C13H12N4O2/c18-9-12(19)16-6-7-17-11(8-16)14-15-13(17)10-4-2-1-3-5-10/h1-5,9H,6-8H2. The summed E-state index contributed by atoms with van der Waals surface area (Å²) in [4.78, 5) is 23.3. The summed E-state index contributed by atoms with van der Waals surface area (Å²) in [5.41, 5.74) is 0.997. The molecule has 3 rings (SSSR count). The van der Waals surface area contributed by atoms with Crippen molar-refractivity contribution in [3.63, 3.8) is 0 Å². The topological polar surface area (TPSA) is 68.1 Å². The van der Waals surface area contributed by atoms with Crippen molar-refractivity contribution in [1.29, 1.82) is 0 Å². The summed E-state index contributed by atoms with van der Waals surface area (Å²) in [6.07, 6.45) is 0.337. The third-order valence-electron chi connectivity index (χ3n) is 3.20. The lowest BCUT2D eigenvalue weighted by Gasteiger charge is -2.26. The van der Waals surface area contributed by atoms with Crippen LogP contribution in [-0.4, -0.2) is 38.4 Å². The molecule has 0 unspecified atom stereocenters. The number of amides is 1. The Kier molecular flexibility index (Phi) is 2.83. The van der Waals surface area contributed by atoms with Gasteiger partial charge in [0.1, 0.15) is 0 Å². The first-order valence-electron chi connectivity index (χ1n) is 6.01. The van der Waals surface area contributed by atoms with Crippen LogP contribution in [0, 0.1) is 0 Å². The molecule has 96 valence electrons. The number of aldehydes is 1. The molecule has 0 radical (unpaired) electrons. The van der Waals surface area contributed by atoms with Crippen LogP contribution in [0.5, 0.6) is 0 Å². The van der Waals surface area contributed by atoms with Crippen LogP contribution >= 0.6 is 0 Å². The summed E-state index contributed by atoms with van der Waals surface area (Å²) >= 11 is 0. The van der Waals surface area contributed by atoms with Crippen LogP contribution in [-0.2, 0) is 22.7 Å². The largest absolute Gasteiger partial charge is 0.327 e. The van der Waals surface area contributed by atoms with Gasteiger partial charge in [-0.2, -0.15) is 0 Å². The van der Waals surface area contributed by atoms with E-state index in [0.29, 0.717) is 31.7 Å². The highest BCUT2D eigenvalue weighted by Gasteiger charge is 2.24. The quantitative estimate of drug-likeness (QED) is 0.579. The number of rotatable bonds is 2. The van der Waals surface area contributed by atoms with Crippen molar-refractivity contribution in [2.24, 2.45) is 0 Å². The highest BCUT2D eigenvalue weighted by atomic mass is 16.2. The smallest absolute Gasteiger partial charge is 0.287 e. The lowest BCUT2D eigenvalue weighted by Crippen LogP contribution is -2.39. The van der Waals surface area contributed by atoms with Gasteiger partial charge in [0.15, 0.2) is 11.6 Å². The summed E-state index contributed by atoms with van der Waals surface area (Å²) in [7, 11) is 0. The van der Waals surface area contributed by atoms with Crippen LogP contribution in [0.3, 0.4) is 0 Å². The van der Waals surface area contributed by atoms with Crippen molar-refractivity contribution < 1.29 is 9.59 Å². The molecule has 2 aromatic rings. The van der Waals surface area contributed by atoms with Crippen LogP contribution in [0.25, 0.3) is 11.4 Å². The Hall–Kier alpha value is -2.50. The Morgan fingerprint density at radius 1 is 1.16 bits per heavy atom. The number of hydrogen-bond acceptors (Lipinski definition) is 4. The average molecular weight is 256 g/mol. The zero-order valence-electron chi connectivity index (χ0n) is 10.2. The van der Waals surface area contributed by atoms with Gasteiger partial charge in [0.2, 0.25) is 6.29 Å². The molecule has 0 atom stereocenters. The second kappa shape index (κ2) is 4.64. The number of fused-ring (bicyclic) bond motifs is 1. The van der Waals surface area contributed by atoms with E-state index in [9.17, 15) is 9.59 Å². The zero-order chi connectivity index (χ0) is 13.2. The van der Waals surface area contributed by atoms with Gasteiger partial charge < -0.3 is 9.47 Å². The summed E-state index contributed by atoms with van der Waals surface area (Å²) in [5, 5.41) is 8.28. The third-order valence-corrected chi connectivity index (χ3v) is 3.20. The Balaban J connectivity index is 1.92. The first kappa shape index (κ1) is 11.6. The molecule has 0 bridgehead atoms. The molecule has 0 fully saturated rings. The number of carbonyl (C=O) groups is 2. The molecule has 2 heterocycles. The Labute approximate surface area is 109 Å². The predicted molar refractivity (Wildman–Crippen MR) is 66.9 cm³/mol. The van der Waals surface area contributed by atoms with Crippen LogP contribution in [0.15, 0.2) is 30.3 Å². The molecule has 6 heteroatoms. The maximum atomic E-state index is 11.4. The molecular formula is C13H12N4O2. The predicted octanol–water partition coefficient (Wildman–Crippen LogP) is 0.486. The van der Waals surface area contributed by atoms with E-state index < -0.39 is 5.91 Å². The Morgan fingerprint density at radius 3 is 2.68 bits per heavy atom. The minimum absolute atomic E-state index is 0.331. The van der Waals surface area contributed by atoms with Gasteiger partial charge in [0, 0.05) is 18.7 Å². The number of benzene rings is 1. The monoisotopic (exact) mass is 256 g/mol. The van der Waals surface area contributed by atoms with E-state index in [4.69, 9.17) is 0 Å². The SMILES string of the molecule is O=CC(=O)N1CCn2c(nnc2-c2ccccc2)C1. The van der Waals surface area contributed by atoms with Crippen molar-refractivity contribution in [2.45, 2.75) is 13.1 Å². The molecule has 6 nitrogen and oxygen atoms in total. The van der Waals surface area contributed by atoms with E-state index in [-0.39, 0.29) is 0 Å². The van der Waals surface area contributed by atoms with Gasteiger partial charge >= 0.3 is 0 Å². The minimum Gasteiger partial charge on any atom is -0.327 e. The first-order chi connectivity index (χ1) is 9.29. The molecule has 19 heavy (non-hydrogen) atoms. The molecule has 0 saturated carbocycles. The molecule has 0 spiro atoms. The first-order valence-corrected chi connectivity index (χ1v) is 6.01. The fraction of sp³-hybridized carbons (Fsp3) is 0.231. The highest BCUT2D eigenvalue weighted by molar-refractivity contribution is 6.23. The van der Waals surface area contributed by atoms with Crippen molar-refractivity contribution in [1.82, 2.24) is 19.7 Å². The van der Waals surface area contributed by atoms with Crippen molar-refractivity contribution in [2.75, 3.05) is 6.54 Å². The van der Waals surface area contributed by atoms with E-state index in [0.717, 1.165) is 11.4 Å². The van der Waals surface area contributed by atoms with Crippen LogP contribution < -0.4 is 0 Å². The van der Waals surface area contributed by atoms with E-state index in [2.05, 4.69) is 10.2 Å². The van der Waals surface area contributed by atoms with Crippen molar-refractivity contribution >= 4 is 12.2 Å². The fourth-order valence-electron chi connectivity index (χ4n) is 2.22. The van der Waals surface area contributed by atoms with Crippen LogP contribution in [0.2, 0.25) is 0 Å². The zero-order valence-corrected chi connectivity index (χ0v) is 10.2. The maximum absolute atomic E-state index is 11.4. The summed E-state index contributed by atoms with van der Waals surface area (Å²) in [6.45, 7) is 1.44. The van der Waals surface area contributed by atoms with Gasteiger partial charge in [-0.3, -0.25) is 9.59 Å². The molecule has 1 amide bonds. The summed E-state index contributed by atoms with van der Waals surface area (Å²) in [6, 6.07) is 9.78. The third kappa shape index (κ3) is 2.01. The maximum Gasteiger partial charge on any atom is 0.287 e. The van der Waals surface area contributed by atoms with Gasteiger partial charge in [-0.1, -0.05) is 30.3 Å². The van der Waals surface area contributed by atoms with E-state index in [1.54, 1.807) is 0 Å². The normalized spacial score (nSPS) is 14.0. The Morgan fingerprint density at radius 2 is 1.95 bits per heavy atom. The van der Waals surface area contributed by atoms with Gasteiger partial charge in [0.05, 0.1) is 6.54 Å². The molecule has 1 aromatic carbocycles. The fourth-order valence-corrected chi connectivity index (χ4v) is 2.22. The molecule has 0 saturated heterocycles. The van der Waals surface area contributed by atoms with E-state index >= 15 is 0 Å². The molecule has 1 aliphatic rings. The molecule has 0 aliphatic carbocycles. The van der Waals surface area contributed by atoms with Crippen molar-refractivity contribution in [3.05, 3.63) is 36.2 Å². The molecule has 0 N–H and O–H groups in total. The average Bonchev–Trinajstić information content (AvgIpc) is 2.90. The van der Waals surface area contributed by atoms with Gasteiger partial charge in [-0.25, -0.2) is 0 Å². The minimum atomic E-state index is -0.504. The number of aromatic nitrogens is 3. The Bertz CT molecular complexity index is 621. The van der Waals surface area contributed by atoms with E-state index in [1.807, 2.05) is 34.9 Å². The van der Waals surface area contributed by atoms with Crippen LogP contribution in [0.1, 0.15) is 5.82 Å².